The van der Waals surface area contributed by atoms with E-state index in [1.807, 2.05) is 11.6 Å². The Hall–Kier alpha value is -2.42. The third-order valence-corrected chi connectivity index (χ3v) is 7.63. The SMILES string of the molecule is CCn1ncc(NC(=O)C23CC4CC(C2)CC(n2cnc(Cl)n2)(C4)C3)c1C(=O)N(C)C. The van der Waals surface area contributed by atoms with Crippen LogP contribution >= 0.6 is 11.6 Å². The molecule has 4 fully saturated rings. The predicted octanol–water partition coefficient (Wildman–Crippen LogP) is 2.78. The normalized spacial score (nSPS) is 31.1. The fourth-order valence-corrected chi connectivity index (χ4v) is 6.75. The van der Waals surface area contributed by atoms with Crippen molar-refractivity contribution in [3.63, 3.8) is 0 Å². The summed E-state index contributed by atoms with van der Waals surface area (Å²) in [7, 11) is 3.40. The van der Waals surface area contributed by atoms with Crippen LogP contribution in [0.4, 0.5) is 5.69 Å². The number of carbonyl (C=O) groups excluding carboxylic acids is 2. The maximum atomic E-state index is 13.7. The van der Waals surface area contributed by atoms with Gasteiger partial charge >= 0.3 is 0 Å². The summed E-state index contributed by atoms with van der Waals surface area (Å²) in [6, 6.07) is 0. The molecule has 2 amide bonds. The lowest BCUT2D eigenvalue weighted by Gasteiger charge is -2.60. The van der Waals surface area contributed by atoms with Gasteiger partial charge in [-0.25, -0.2) is 9.67 Å². The molecule has 0 aliphatic heterocycles. The van der Waals surface area contributed by atoms with Crippen molar-refractivity contribution in [2.45, 2.75) is 57.5 Å². The van der Waals surface area contributed by atoms with Gasteiger partial charge in [-0.1, -0.05) is 0 Å². The van der Waals surface area contributed by atoms with Gasteiger partial charge in [0.15, 0.2) is 0 Å². The molecule has 2 heterocycles. The second-order valence-electron chi connectivity index (χ2n) is 9.80. The van der Waals surface area contributed by atoms with Crippen LogP contribution in [0.25, 0.3) is 0 Å². The largest absolute Gasteiger partial charge is 0.343 e. The van der Waals surface area contributed by atoms with E-state index in [1.165, 1.54) is 4.90 Å². The highest BCUT2D eigenvalue weighted by atomic mass is 35.5. The molecule has 9 nitrogen and oxygen atoms in total. The van der Waals surface area contributed by atoms with Gasteiger partial charge in [-0.2, -0.15) is 5.10 Å². The zero-order valence-electron chi connectivity index (χ0n) is 18.1. The number of anilines is 1. The molecule has 10 heteroatoms. The number of hydrogen-bond donors (Lipinski definition) is 1. The minimum Gasteiger partial charge on any atom is -0.343 e. The average molecular weight is 446 g/mol. The molecule has 4 saturated carbocycles. The van der Waals surface area contributed by atoms with Crippen LogP contribution in [0.3, 0.4) is 0 Å². The quantitative estimate of drug-likeness (QED) is 0.763. The maximum Gasteiger partial charge on any atom is 0.273 e. The number of nitrogens with zero attached hydrogens (tertiary/aromatic N) is 6. The third kappa shape index (κ3) is 3.16. The van der Waals surface area contributed by atoms with Crippen molar-refractivity contribution in [1.82, 2.24) is 29.4 Å². The van der Waals surface area contributed by atoms with Crippen molar-refractivity contribution in [2.75, 3.05) is 19.4 Å². The smallest absolute Gasteiger partial charge is 0.273 e. The summed E-state index contributed by atoms with van der Waals surface area (Å²) in [4.78, 5) is 32.1. The molecule has 2 aromatic heterocycles. The summed E-state index contributed by atoms with van der Waals surface area (Å²) in [6.07, 6.45) is 8.95. The van der Waals surface area contributed by atoms with E-state index < -0.39 is 5.41 Å². The summed E-state index contributed by atoms with van der Waals surface area (Å²) in [5, 5.41) is 12.1. The summed E-state index contributed by atoms with van der Waals surface area (Å²) in [5.41, 5.74) is 0.217. The van der Waals surface area contributed by atoms with Gasteiger partial charge < -0.3 is 10.2 Å². The lowest BCUT2D eigenvalue weighted by atomic mass is 9.46. The van der Waals surface area contributed by atoms with E-state index in [9.17, 15) is 9.59 Å². The highest BCUT2D eigenvalue weighted by molar-refractivity contribution is 6.28. The van der Waals surface area contributed by atoms with Gasteiger partial charge in [0, 0.05) is 20.6 Å². The lowest BCUT2D eigenvalue weighted by Crippen LogP contribution is -2.60. The molecule has 0 radical (unpaired) electrons. The highest BCUT2D eigenvalue weighted by Crippen LogP contribution is 2.64. The molecule has 4 aliphatic carbocycles. The van der Waals surface area contributed by atoms with Gasteiger partial charge in [0.2, 0.25) is 11.2 Å². The van der Waals surface area contributed by atoms with Gasteiger partial charge in [-0.3, -0.25) is 14.3 Å². The van der Waals surface area contributed by atoms with Crippen LogP contribution in [0, 0.1) is 17.3 Å². The molecule has 166 valence electrons. The highest BCUT2D eigenvalue weighted by Gasteiger charge is 2.61. The van der Waals surface area contributed by atoms with E-state index in [0.717, 1.165) is 38.5 Å². The van der Waals surface area contributed by atoms with Crippen LogP contribution in [-0.4, -0.2) is 55.4 Å². The molecule has 31 heavy (non-hydrogen) atoms. The second-order valence-corrected chi connectivity index (χ2v) is 10.1. The fourth-order valence-electron chi connectivity index (χ4n) is 6.63. The molecule has 2 atom stereocenters. The average Bonchev–Trinajstić information content (AvgIpc) is 3.32. The molecule has 2 aromatic rings. The number of nitrogens with one attached hydrogen (secondary N) is 1. The van der Waals surface area contributed by atoms with Gasteiger partial charge in [-0.15, -0.1) is 5.10 Å². The molecular weight excluding hydrogens is 418 g/mol. The second kappa shape index (κ2) is 7.05. The molecule has 2 unspecified atom stereocenters. The van der Waals surface area contributed by atoms with Crippen molar-refractivity contribution in [3.05, 3.63) is 23.5 Å². The molecule has 0 spiro atoms. The molecule has 0 aromatic carbocycles. The van der Waals surface area contributed by atoms with Gasteiger partial charge in [0.05, 0.1) is 22.8 Å². The summed E-state index contributed by atoms with van der Waals surface area (Å²) < 4.78 is 3.54. The Balaban J connectivity index is 1.47. The fraction of sp³-hybridized carbons (Fsp3) is 0.667. The van der Waals surface area contributed by atoms with Crippen LogP contribution in [0.1, 0.15) is 55.9 Å². The Morgan fingerprint density at radius 2 is 1.97 bits per heavy atom. The van der Waals surface area contributed by atoms with Gasteiger partial charge in [-0.05, 0) is 68.9 Å². The summed E-state index contributed by atoms with van der Waals surface area (Å²) in [6.45, 7) is 2.48. The van der Waals surface area contributed by atoms with Crippen LogP contribution in [0.5, 0.6) is 0 Å². The first kappa shape index (κ1) is 20.5. The van der Waals surface area contributed by atoms with Crippen molar-refractivity contribution in [3.8, 4) is 0 Å². The molecule has 4 aliphatic rings. The Morgan fingerprint density at radius 1 is 1.26 bits per heavy atom. The monoisotopic (exact) mass is 445 g/mol. The zero-order chi connectivity index (χ0) is 22.0. The summed E-state index contributed by atoms with van der Waals surface area (Å²) >= 11 is 6.03. The molecular formula is C21H28ClN7O2. The standard InChI is InChI=1S/C21H28ClN7O2/c1-4-28-16(17(30)27(2)3)15(10-24-28)25-18(31)20-6-13-5-14(7-20)9-21(8-13,11-20)29-12-23-19(22)26-29/h10,12-14H,4-9,11H2,1-3H3,(H,25,31). The minimum atomic E-state index is -0.477. The van der Waals surface area contributed by atoms with E-state index >= 15 is 0 Å². The Labute approximate surface area is 186 Å². The van der Waals surface area contributed by atoms with E-state index in [-0.39, 0.29) is 22.6 Å². The van der Waals surface area contributed by atoms with Crippen molar-refractivity contribution in [1.29, 1.82) is 0 Å². The van der Waals surface area contributed by atoms with Crippen molar-refractivity contribution >= 4 is 29.1 Å². The molecule has 6 rings (SSSR count). The van der Waals surface area contributed by atoms with Gasteiger partial charge in [0.25, 0.3) is 5.91 Å². The maximum absolute atomic E-state index is 13.7. The van der Waals surface area contributed by atoms with Crippen molar-refractivity contribution < 1.29 is 9.59 Å². The number of aryl methyl sites for hydroxylation is 1. The van der Waals surface area contributed by atoms with Gasteiger partial charge in [0.1, 0.15) is 12.0 Å². The molecule has 0 saturated heterocycles. The first-order valence-corrected chi connectivity index (χ1v) is 11.3. The number of amides is 2. The minimum absolute atomic E-state index is 0.0133. The van der Waals surface area contributed by atoms with Crippen LogP contribution < -0.4 is 5.32 Å². The Bertz CT molecular complexity index is 1030. The van der Waals surface area contributed by atoms with Crippen LogP contribution in [0.15, 0.2) is 12.5 Å². The molecule has 4 bridgehead atoms. The van der Waals surface area contributed by atoms with Crippen LogP contribution in [-0.2, 0) is 16.9 Å². The topological polar surface area (TPSA) is 97.9 Å². The van der Waals surface area contributed by atoms with E-state index in [2.05, 4.69) is 20.5 Å². The first-order chi connectivity index (χ1) is 14.7. The van der Waals surface area contributed by atoms with E-state index in [1.54, 1.807) is 31.3 Å². The predicted molar refractivity (Wildman–Crippen MR) is 115 cm³/mol. The number of aromatic nitrogens is 5. The Morgan fingerprint density at radius 3 is 2.55 bits per heavy atom. The van der Waals surface area contributed by atoms with E-state index in [4.69, 9.17) is 11.6 Å². The van der Waals surface area contributed by atoms with E-state index in [0.29, 0.717) is 29.8 Å². The Kier molecular flexibility index (Phi) is 4.66. The number of carbonyl (C=O) groups is 2. The van der Waals surface area contributed by atoms with Crippen molar-refractivity contribution in [2.24, 2.45) is 17.3 Å². The number of rotatable bonds is 5. The number of hydrogen-bond acceptors (Lipinski definition) is 5. The first-order valence-electron chi connectivity index (χ1n) is 10.9. The van der Waals surface area contributed by atoms with Crippen LogP contribution in [0.2, 0.25) is 5.28 Å². The third-order valence-electron chi connectivity index (χ3n) is 7.46. The summed E-state index contributed by atoms with van der Waals surface area (Å²) in [5.74, 6) is 0.780. The zero-order valence-corrected chi connectivity index (χ0v) is 18.9. The molecule has 1 N–H and O–H groups in total. The lowest BCUT2D eigenvalue weighted by molar-refractivity contribution is -0.150. The number of halogens is 1.